The summed E-state index contributed by atoms with van der Waals surface area (Å²) < 4.78 is 8.25. The van der Waals surface area contributed by atoms with Crippen molar-refractivity contribution in [1.29, 1.82) is 0 Å². The van der Waals surface area contributed by atoms with Crippen LogP contribution in [0.15, 0.2) is 69.0 Å². The highest BCUT2D eigenvalue weighted by Gasteiger charge is 2.16. The highest BCUT2D eigenvalue weighted by atomic mass is 16.5. The molecule has 0 N–H and O–H groups in total. The van der Waals surface area contributed by atoms with Crippen molar-refractivity contribution in [2.24, 2.45) is 26.7 Å². The molecule has 0 radical (unpaired) electrons. The summed E-state index contributed by atoms with van der Waals surface area (Å²) >= 11 is 0. The van der Waals surface area contributed by atoms with E-state index >= 15 is 0 Å². The first-order chi connectivity index (χ1) is 25.3. The van der Waals surface area contributed by atoms with Gasteiger partial charge in [-0.05, 0) is 70.5 Å². The highest BCUT2D eigenvalue weighted by molar-refractivity contribution is 5.56. The van der Waals surface area contributed by atoms with Gasteiger partial charge in [0.05, 0.1) is 33.1 Å². The molecule has 9 nitrogen and oxygen atoms in total. The number of hydrogen-bond donors (Lipinski definition) is 0. The third-order valence-electron chi connectivity index (χ3n) is 7.41. The lowest BCUT2D eigenvalue weighted by Crippen LogP contribution is -2.54. The summed E-state index contributed by atoms with van der Waals surface area (Å²) in [5.74, 6) is 0.919. The lowest BCUT2D eigenvalue weighted by atomic mass is 9.87. The van der Waals surface area contributed by atoms with Gasteiger partial charge in [0.1, 0.15) is 5.75 Å². The fourth-order valence-electron chi connectivity index (χ4n) is 4.70. The number of ether oxygens (including phenoxy) is 1. The predicted octanol–water partition coefficient (Wildman–Crippen LogP) is 10.6. The molecule has 0 saturated heterocycles. The molecular formula is C47H85N5O4. The zero-order valence-corrected chi connectivity index (χ0v) is 39.4. The van der Waals surface area contributed by atoms with E-state index in [1.54, 1.807) is 7.11 Å². The van der Waals surface area contributed by atoms with Crippen molar-refractivity contribution < 1.29 is 4.74 Å². The minimum atomic E-state index is -0.623. The van der Waals surface area contributed by atoms with Crippen LogP contribution in [0.25, 0.3) is 0 Å². The number of benzene rings is 1. The van der Waals surface area contributed by atoms with Crippen LogP contribution in [0.4, 0.5) is 0 Å². The fourth-order valence-corrected chi connectivity index (χ4v) is 4.70. The third-order valence-corrected chi connectivity index (χ3v) is 7.41. The number of methoxy groups -OCH3 is 1. The second-order valence-electron chi connectivity index (χ2n) is 21.2. The largest absolute Gasteiger partial charge is 0.497 e. The molecule has 0 atom stereocenters. The van der Waals surface area contributed by atoms with Crippen LogP contribution in [0.1, 0.15) is 149 Å². The highest BCUT2D eigenvalue weighted by Crippen LogP contribution is 2.24. The van der Waals surface area contributed by atoms with Crippen molar-refractivity contribution >= 4 is 6.34 Å². The maximum atomic E-state index is 12.4. The van der Waals surface area contributed by atoms with Crippen LogP contribution < -0.4 is 21.8 Å². The Kier molecular flexibility index (Phi) is 24.2. The van der Waals surface area contributed by atoms with Gasteiger partial charge in [0.15, 0.2) is 0 Å². The van der Waals surface area contributed by atoms with E-state index in [9.17, 15) is 14.4 Å². The minimum Gasteiger partial charge on any atom is -0.497 e. The van der Waals surface area contributed by atoms with Gasteiger partial charge in [-0.2, -0.15) is 0 Å². The van der Waals surface area contributed by atoms with E-state index in [1.165, 1.54) is 37.1 Å². The molecule has 2 heterocycles. The van der Waals surface area contributed by atoms with Gasteiger partial charge in [-0.1, -0.05) is 142 Å². The summed E-state index contributed by atoms with van der Waals surface area (Å²) in [5.41, 5.74) is 1.39. The Morgan fingerprint density at radius 1 is 0.625 bits per heavy atom. The van der Waals surface area contributed by atoms with Gasteiger partial charge in [-0.25, -0.2) is 28.1 Å². The molecule has 0 unspecified atom stereocenters. The van der Waals surface area contributed by atoms with Crippen molar-refractivity contribution in [3.63, 3.8) is 0 Å². The molecule has 0 aliphatic carbocycles. The van der Waals surface area contributed by atoms with Crippen molar-refractivity contribution in [3.05, 3.63) is 86.6 Å². The van der Waals surface area contributed by atoms with Gasteiger partial charge in [0.2, 0.25) is 0 Å². The summed E-state index contributed by atoms with van der Waals surface area (Å²) in [6.07, 6.45) is 9.07. The van der Waals surface area contributed by atoms with E-state index in [-0.39, 0.29) is 23.9 Å². The molecule has 56 heavy (non-hydrogen) atoms. The quantitative estimate of drug-likeness (QED) is 0.212. The molecule has 0 amide bonds. The van der Waals surface area contributed by atoms with E-state index in [1.807, 2.05) is 18.5 Å². The summed E-state index contributed by atoms with van der Waals surface area (Å²) in [5, 5.41) is 0. The second-order valence-corrected chi connectivity index (χ2v) is 21.2. The van der Waals surface area contributed by atoms with E-state index in [0.29, 0.717) is 29.2 Å². The monoisotopic (exact) mass is 784 g/mol. The van der Waals surface area contributed by atoms with E-state index < -0.39 is 17.1 Å². The molecule has 1 aromatic carbocycles. The van der Waals surface area contributed by atoms with E-state index in [0.717, 1.165) is 39.0 Å². The Morgan fingerprint density at radius 2 is 1.00 bits per heavy atom. The maximum Gasteiger partial charge on any atom is 0.336 e. The Balaban J connectivity index is 0. The van der Waals surface area contributed by atoms with Gasteiger partial charge < -0.3 is 9.64 Å². The average Bonchev–Trinajstić information content (AvgIpc) is 3.54. The van der Waals surface area contributed by atoms with Gasteiger partial charge in [-0.15, -0.1) is 13.2 Å². The van der Waals surface area contributed by atoms with E-state index in [4.69, 9.17) is 4.74 Å². The maximum absolute atomic E-state index is 12.4. The van der Waals surface area contributed by atoms with Crippen LogP contribution in [0.2, 0.25) is 0 Å². The summed E-state index contributed by atoms with van der Waals surface area (Å²) in [6.45, 7) is 48.2. The number of hydrogen-bond acceptors (Lipinski definition) is 6. The first kappa shape index (κ1) is 54.5. The van der Waals surface area contributed by atoms with Crippen LogP contribution in [-0.2, 0) is 25.0 Å². The predicted molar refractivity (Wildman–Crippen MR) is 244 cm³/mol. The van der Waals surface area contributed by atoms with Crippen molar-refractivity contribution in [1.82, 2.24) is 18.6 Å². The summed E-state index contributed by atoms with van der Waals surface area (Å²) in [4.78, 5) is 43.4. The molecule has 1 aliphatic heterocycles. The van der Waals surface area contributed by atoms with Crippen molar-refractivity contribution in [2.45, 2.75) is 168 Å². The molecule has 1 aromatic heterocycles. The van der Waals surface area contributed by atoms with Crippen molar-refractivity contribution in [2.75, 3.05) is 26.7 Å². The van der Waals surface area contributed by atoms with Crippen LogP contribution in [0.3, 0.4) is 0 Å². The number of nitrogens with zero attached hydrogens (tertiary/aromatic N) is 5. The SMILES string of the molecule is C=CCn1c(=O)n(CC=C)c(=O)n(CCCC(C)(C)C)c1=O.CC(C)(C)C.CC(C)(C)C.CC(C)(C)CCCN1C=NCC1.COc1ccc(C(C)(C)C)cc1. The Labute approximate surface area is 343 Å². The molecule has 2 aromatic rings. The summed E-state index contributed by atoms with van der Waals surface area (Å²) in [7, 11) is 1.69. The smallest absolute Gasteiger partial charge is 0.336 e. The molecule has 322 valence electrons. The minimum absolute atomic E-state index is 0.0777. The average molecular weight is 784 g/mol. The Hall–Kier alpha value is -3.62. The molecule has 0 spiro atoms. The molecule has 9 heteroatoms. The number of aliphatic imine (C=N–C) groups is 1. The van der Waals surface area contributed by atoms with Gasteiger partial charge in [0, 0.05) is 19.6 Å². The fraction of sp³-hybridized carbons (Fsp3) is 0.702. The van der Waals surface area contributed by atoms with Gasteiger partial charge in [0.25, 0.3) is 0 Å². The Bertz CT molecular complexity index is 1540. The first-order valence-electron chi connectivity index (χ1n) is 20.4. The molecule has 0 saturated carbocycles. The number of aromatic nitrogens is 3. The zero-order chi connectivity index (χ0) is 44.1. The second kappa shape index (κ2) is 24.9. The Morgan fingerprint density at radius 3 is 1.30 bits per heavy atom. The number of allylic oxidation sites excluding steroid dienone is 2. The molecule has 3 rings (SSSR count). The van der Waals surface area contributed by atoms with Crippen molar-refractivity contribution in [3.8, 4) is 5.75 Å². The zero-order valence-electron chi connectivity index (χ0n) is 39.4. The lowest BCUT2D eigenvalue weighted by Gasteiger charge is -2.20. The van der Waals surface area contributed by atoms with Gasteiger partial charge in [-0.3, -0.25) is 4.99 Å². The standard InChI is InChI=1S/C16H25N3O3.C11H16O.C10H20N2.2C5H12/c1-6-10-17-13(20)18(11-7-2)15(22)19(14(17)21)12-8-9-16(3,4)5;1-11(2,3)9-5-7-10(12-4)8-6-9;1-10(2,3)5-4-7-12-8-6-11-9-12;2*1-5(2,3)4/h6-7H,1-2,8-12H2,3-5H3;5-8H,1-4H3;9H,4-8H2,1-3H3;2*1-4H3. The molecular weight excluding hydrogens is 699 g/mol. The number of rotatable bonds is 11. The van der Waals surface area contributed by atoms with Gasteiger partial charge >= 0.3 is 17.1 Å². The topological polar surface area (TPSA) is 90.8 Å². The third kappa shape index (κ3) is 28.7. The molecule has 1 aliphatic rings. The molecule has 0 fully saturated rings. The summed E-state index contributed by atoms with van der Waals surface area (Å²) in [6, 6.07) is 8.22. The van der Waals surface area contributed by atoms with Crippen LogP contribution in [0.5, 0.6) is 5.75 Å². The lowest BCUT2D eigenvalue weighted by molar-refractivity contribution is 0.336. The first-order valence-corrected chi connectivity index (χ1v) is 20.4. The molecule has 0 bridgehead atoms. The van der Waals surface area contributed by atoms with Crippen LogP contribution in [-0.4, -0.2) is 51.7 Å². The van der Waals surface area contributed by atoms with Crippen LogP contribution in [0, 0.1) is 21.7 Å². The van der Waals surface area contributed by atoms with E-state index in [2.05, 4.69) is 153 Å². The normalized spacial score (nSPS) is 12.8. The van der Waals surface area contributed by atoms with Crippen LogP contribution >= 0.6 is 0 Å².